The Morgan fingerprint density at radius 3 is 2.60 bits per heavy atom. The molecule has 0 amide bonds. The molecular formula is C15H25BrN4. The summed E-state index contributed by atoms with van der Waals surface area (Å²) in [7, 11) is 2.20. The van der Waals surface area contributed by atoms with Gasteiger partial charge in [-0.15, -0.1) is 0 Å². The van der Waals surface area contributed by atoms with E-state index in [2.05, 4.69) is 56.9 Å². The van der Waals surface area contributed by atoms with Gasteiger partial charge in [-0.05, 0) is 35.0 Å². The zero-order valence-corrected chi connectivity index (χ0v) is 14.2. The van der Waals surface area contributed by atoms with Gasteiger partial charge >= 0.3 is 0 Å². The molecule has 1 N–H and O–H groups in total. The van der Waals surface area contributed by atoms with Gasteiger partial charge in [-0.3, -0.25) is 9.88 Å². The smallest absolute Gasteiger partial charge is 0.0590 e. The minimum atomic E-state index is 0.573. The van der Waals surface area contributed by atoms with Crippen LogP contribution in [0.4, 0.5) is 5.69 Å². The lowest BCUT2D eigenvalue weighted by atomic mass is 10.0. The fourth-order valence-corrected chi connectivity index (χ4v) is 3.06. The molecular weight excluding hydrogens is 316 g/mol. The second kappa shape index (κ2) is 7.38. The van der Waals surface area contributed by atoms with Crippen LogP contribution in [0.25, 0.3) is 0 Å². The normalized spacial score (nSPS) is 19.2. The molecule has 1 aliphatic heterocycles. The predicted molar refractivity (Wildman–Crippen MR) is 88.1 cm³/mol. The topological polar surface area (TPSA) is 31.4 Å². The quantitative estimate of drug-likeness (QED) is 0.892. The van der Waals surface area contributed by atoms with Gasteiger partial charge in [0.1, 0.15) is 0 Å². The summed E-state index contributed by atoms with van der Waals surface area (Å²) in [5.74, 6) is 0.645. The number of pyridine rings is 1. The molecule has 0 spiro atoms. The highest BCUT2D eigenvalue weighted by Gasteiger charge is 2.24. The predicted octanol–water partition coefficient (Wildman–Crippen LogP) is 2.53. The Hall–Kier alpha value is -0.650. The average Bonchev–Trinajstić information content (AvgIpc) is 2.42. The molecule has 1 aromatic rings. The molecule has 0 bridgehead atoms. The van der Waals surface area contributed by atoms with Gasteiger partial charge in [0, 0.05) is 51.2 Å². The van der Waals surface area contributed by atoms with Crippen LogP contribution in [0.1, 0.15) is 13.8 Å². The monoisotopic (exact) mass is 340 g/mol. The van der Waals surface area contributed by atoms with Crippen molar-refractivity contribution in [1.29, 1.82) is 0 Å². The van der Waals surface area contributed by atoms with Crippen LogP contribution < -0.4 is 5.32 Å². The number of aromatic nitrogens is 1. The van der Waals surface area contributed by atoms with Gasteiger partial charge in [-0.2, -0.15) is 0 Å². The van der Waals surface area contributed by atoms with Crippen molar-refractivity contribution in [2.75, 3.05) is 45.1 Å². The van der Waals surface area contributed by atoms with Crippen molar-refractivity contribution in [1.82, 2.24) is 14.8 Å². The van der Waals surface area contributed by atoms with Gasteiger partial charge < -0.3 is 10.2 Å². The SMILES string of the molecule is CC(C)C(CNc1ccncc1Br)N1CCN(C)CC1. The summed E-state index contributed by atoms with van der Waals surface area (Å²) in [6.07, 6.45) is 3.66. The maximum atomic E-state index is 4.10. The molecule has 112 valence electrons. The summed E-state index contributed by atoms with van der Waals surface area (Å²) in [6, 6.07) is 2.59. The van der Waals surface area contributed by atoms with Crippen LogP contribution in [0.5, 0.6) is 0 Å². The first-order valence-corrected chi connectivity index (χ1v) is 8.13. The van der Waals surface area contributed by atoms with E-state index in [0.29, 0.717) is 12.0 Å². The number of piperazine rings is 1. The van der Waals surface area contributed by atoms with Gasteiger partial charge in [-0.25, -0.2) is 0 Å². The molecule has 1 atom stereocenters. The van der Waals surface area contributed by atoms with Crippen molar-refractivity contribution < 1.29 is 0 Å². The lowest BCUT2D eigenvalue weighted by molar-refractivity contribution is 0.0944. The Morgan fingerprint density at radius 1 is 1.30 bits per heavy atom. The van der Waals surface area contributed by atoms with E-state index in [1.807, 2.05) is 18.5 Å². The summed E-state index contributed by atoms with van der Waals surface area (Å²) in [5.41, 5.74) is 1.12. The number of likely N-dealkylation sites (N-methyl/N-ethyl adjacent to an activating group) is 1. The van der Waals surface area contributed by atoms with E-state index in [9.17, 15) is 0 Å². The first-order valence-electron chi connectivity index (χ1n) is 7.34. The van der Waals surface area contributed by atoms with Crippen LogP contribution >= 0.6 is 15.9 Å². The number of nitrogens with zero attached hydrogens (tertiary/aromatic N) is 3. The van der Waals surface area contributed by atoms with Crippen molar-refractivity contribution in [3.05, 3.63) is 22.9 Å². The molecule has 1 fully saturated rings. The van der Waals surface area contributed by atoms with Gasteiger partial charge in [0.05, 0.1) is 10.2 Å². The number of halogens is 1. The van der Waals surface area contributed by atoms with Gasteiger partial charge in [0.15, 0.2) is 0 Å². The summed E-state index contributed by atoms with van der Waals surface area (Å²) in [6.45, 7) is 10.3. The molecule has 0 aromatic carbocycles. The summed E-state index contributed by atoms with van der Waals surface area (Å²) >= 11 is 3.54. The van der Waals surface area contributed by atoms with Crippen LogP contribution in [0.15, 0.2) is 22.9 Å². The molecule has 20 heavy (non-hydrogen) atoms. The standard InChI is InChI=1S/C15H25BrN4/c1-12(2)15(20-8-6-19(3)7-9-20)11-18-14-4-5-17-10-13(14)16/h4-5,10,12,15H,6-9,11H2,1-3H3,(H,17,18). The van der Waals surface area contributed by atoms with Crippen molar-refractivity contribution >= 4 is 21.6 Å². The molecule has 1 aromatic heterocycles. The highest BCUT2D eigenvalue weighted by molar-refractivity contribution is 9.10. The van der Waals surface area contributed by atoms with E-state index in [4.69, 9.17) is 0 Å². The number of nitrogens with one attached hydrogen (secondary N) is 1. The molecule has 4 nitrogen and oxygen atoms in total. The largest absolute Gasteiger partial charge is 0.382 e. The summed E-state index contributed by atoms with van der Waals surface area (Å²) in [4.78, 5) is 9.12. The number of hydrogen-bond donors (Lipinski definition) is 1. The number of anilines is 1. The maximum Gasteiger partial charge on any atom is 0.0590 e. The number of rotatable bonds is 5. The first-order chi connectivity index (χ1) is 9.58. The fraction of sp³-hybridized carbons (Fsp3) is 0.667. The Kier molecular flexibility index (Phi) is 5.81. The van der Waals surface area contributed by atoms with Crippen LogP contribution in [0.2, 0.25) is 0 Å². The zero-order chi connectivity index (χ0) is 14.5. The Labute approximate surface area is 130 Å². The Morgan fingerprint density at radius 2 is 2.00 bits per heavy atom. The minimum absolute atomic E-state index is 0.573. The first kappa shape index (κ1) is 15.7. The third-order valence-electron chi connectivity index (χ3n) is 4.05. The third kappa shape index (κ3) is 4.17. The van der Waals surface area contributed by atoms with E-state index in [1.165, 1.54) is 26.2 Å². The van der Waals surface area contributed by atoms with Gasteiger partial charge in [0.2, 0.25) is 0 Å². The van der Waals surface area contributed by atoms with Crippen LogP contribution in [0, 0.1) is 5.92 Å². The molecule has 1 saturated heterocycles. The van der Waals surface area contributed by atoms with Crippen LogP contribution in [0.3, 0.4) is 0 Å². The molecule has 0 aliphatic carbocycles. The molecule has 1 aliphatic rings. The molecule has 5 heteroatoms. The zero-order valence-electron chi connectivity index (χ0n) is 12.6. The van der Waals surface area contributed by atoms with Crippen molar-refractivity contribution in [2.45, 2.75) is 19.9 Å². The van der Waals surface area contributed by atoms with E-state index in [1.54, 1.807) is 0 Å². The van der Waals surface area contributed by atoms with E-state index in [0.717, 1.165) is 16.7 Å². The van der Waals surface area contributed by atoms with Crippen molar-refractivity contribution in [3.63, 3.8) is 0 Å². The molecule has 0 radical (unpaired) electrons. The number of hydrogen-bond acceptors (Lipinski definition) is 4. The third-order valence-corrected chi connectivity index (χ3v) is 4.68. The molecule has 0 saturated carbocycles. The van der Waals surface area contributed by atoms with E-state index in [-0.39, 0.29) is 0 Å². The molecule has 2 heterocycles. The Bertz CT molecular complexity index is 416. The molecule has 1 unspecified atom stereocenters. The maximum absolute atomic E-state index is 4.10. The summed E-state index contributed by atoms with van der Waals surface area (Å²) in [5, 5.41) is 3.56. The lowest BCUT2D eigenvalue weighted by Gasteiger charge is -2.40. The van der Waals surface area contributed by atoms with Crippen LogP contribution in [-0.4, -0.2) is 60.6 Å². The Balaban J connectivity index is 1.94. The fourth-order valence-electron chi connectivity index (χ4n) is 2.67. The van der Waals surface area contributed by atoms with Gasteiger partial charge in [-0.1, -0.05) is 13.8 Å². The highest BCUT2D eigenvalue weighted by atomic mass is 79.9. The van der Waals surface area contributed by atoms with Crippen LogP contribution in [-0.2, 0) is 0 Å². The van der Waals surface area contributed by atoms with E-state index < -0.39 is 0 Å². The van der Waals surface area contributed by atoms with Crippen molar-refractivity contribution in [2.24, 2.45) is 5.92 Å². The summed E-state index contributed by atoms with van der Waals surface area (Å²) < 4.78 is 1.03. The second-order valence-corrected chi connectivity index (χ2v) is 6.74. The lowest BCUT2D eigenvalue weighted by Crippen LogP contribution is -2.52. The molecule has 2 rings (SSSR count). The van der Waals surface area contributed by atoms with Crippen molar-refractivity contribution in [3.8, 4) is 0 Å². The van der Waals surface area contributed by atoms with Gasteiger partial charge in [0.25, 0.3) is 0 Å². The van der Waals surface area contributed by atoms with E-state index >= 15 is 0 Å². The minimum Gasteiger partial charge on any atom is -0.382 e. The average molecular weight is 341 g/mol. The highest BCUT2D eigenvalue weighted by Crippen LogP contribution is 2.21. The second-order valence-electron chi connectivity index (χ2n) is 5.89.